The lowest BCUT2D eigenvalue weighted by atomic mass is 10.2. The molecule has 0 aliphatic heterocycles. The summed E-state index contributed by atoms with van der Waals surface area (Å²) in [5, 5.41) is 45.3. The Morgan fingerprint density at radius 1 is 1.16 bits per heavy atom. The van der Waals surface area contributed by atoms with Crippen LogP contribution in [0.3, 0.4) is 0 Å². The van der Waals surface area contributed by atoms with Crippen molar-refractivity contribution in [1.29, 1.82) is 0 Å². The van der Waals surface area contributed by atoms with E-state index in [1.165, 1.54) is 40.0 Å². The number of azo groups is 1. The van der Waals surface area contributed by atoms with Gasteiger partial charge in [-0.25, -0.2) is 4.79 Å². The molecule has 38 heavy (non-hydrogen) atoms. The van der Waals surface area contributed by atoms with Gasteiger partial charge in [0.2, 0.25) is 5.91 Å². The normalized spacial score (nSPS) is 11.5. The summed E-state index contributed by atoms with van der Waals surface area (Å²) in [5.74, 6) is -1.40. The molecule has 16 heteroatoms. The van der Waals surface area contributed by atoms with Crippen LogP contribution in [0.25, 0.3) is 0 Å². The Kier molecular flexibility index (Phi) is 9.78. The molecule has 1 atom stereocenters. The lowest BCUT2D eigenvalue weighted by Gasteiger charge is -2.14. The second-order valence-corrected chi connectivity index (χ2v) is 8.17. The average molecular weight is 551 g/mol. The number of nitrogens with zero attached hydrogens (tertiary/aromatic N) is 4. The molecule has 2 aromatic rings. The summed E-state index contributed by atoms with van der Waals surface area (Å²) in [6.07, 6.45) is -1.000. The Morgan fingerprint density at radius 3 is 2.32 bits per heavy atom. The van der Waals surface area contributed by atoms with E-state index in [9.17, 15) is 34.9 Å². The Balaban J connectivity index is 2.74. The fraction of sp³-hybridized carbons (Fsp3) is 0.273. The maximum Gasteiger partial charge on any atom is 0.338 e. The highest BCUT2D eigenvalue weighted by molar-refractivity contribution is 6.34. The van der Waals surface area contributed by atoms with Crippen molar-refractivity contribution >= 4 is 57.6 Å². The molecule has 2 aromatic carbocycles. The number of hydrogen-bond donors (Lipinski definition) is 3. The minimum Gasteiger partial charge on any atom is -0.493 e. The molecule has 0 heterocycles. The number of nitro benzene ring substituents is 2. The smallest absolute Gasteiger partial charge is 0.338 e. The molecule has 0 spiro atoms. The van der Waals surface area contributed by atoms with E-state index in [-0.39, 0.29) is 35.0 Å². The first-order valence-corrected chi connectivity index (χ1v) is 11.0. The van der Waals surface area contributed by atoms with Gasteiger partial charge in [0.1, 0.15) is 5.69 Å². The van der Waals surface area contributed by atoms with Crippen molar-refractivity contribution in [2.75, 3.05) is 24.3 Å². The van der Waals surface area contributed by atoms with Crippen LogP contribution >= 0.6 is 11.6 Å². The summed E-state index contributed by atoms with van der Waals surface area (Å²) in [6.45, 7) is 7.23. The first-order chi connectivity index (χ1) is 17.8. The van der Waals surface area contributed by atoms with E-state index < -0.39 is 55.6 Å². The van der Waals surface area contributed by atoms with Crippen LogP contribution in [0.2, 0.25) is 5.02 Å². The van der Waals surface area contributed by atoms with Crippen molar-refractivity contribution in [2.45, 2.75) is 26.9 Å². The van der Waals surface area contributed by atoms with Gasteiger partial charge >= 0.3 is 17.3 Å². The van der Waals surface area contributed by atoms with E-state index in [0.717, 1.165) is 6.07 Å². The molecule has 1 unspecified atom stereocenters. The number of hydrogen-bond acceptors (Lipinski definition) is 12. The SMILES string of the molecule is C=C(C)C(=O)Oc1cc(NC(C)=O)c(N=Nc2c(Cl)cc([N+](=O)[O-])c(NCC(C)O)c2[N+](=O)[O-])cc1OC. The lowest BCUT2D eigenvalue weighted by Crippen LogP contribution is -2.17. The third-order valence-electron chi connectivity index (χ3n) is 4.56. The summed E-state index contributed by atoms with van der Waals surface area (Å²) < 4.78 is 10.4. The van der Waals surface area contributed by atoms with Crippen molar-refractivity contribution in [3.8, 4) is 11.5 Å². The summed E-state index contributed by atoms with van der Waals surface area (Å²) in [6, 6.07) is 3.30. The molecule has 15 nitrogen and oxygen atoms in total. The highest BCUT2D eigenvalue weighted by atomic mass is 35.5. The van der Waals surface area contributed by atoms with Gasteiger partial charge in [0.25, 0.3) is 0 Å². The fourth-order valence-electron chi connectivity index (χ4n) is 2.91. The highest BCUT2D eigenvalue weighted by Crippen LogP contribution is 2.48. The monoisotopic (exact) mass is 550 g/mol. The van der Waals surface area contributed by atoms with Crippen LogP contribution in [-0.4, -0.2) is 46.6 Å². The number of nitro groups is 2. The van der Waals surface area contributed by atoms with E-state index in [0.29, 0.717) is 0 Å². The lowest BCUT2D eigenvalue weighted by molar-refractivity contribution is -0.391. The molecule has 0 radical (unpaired) electrons. The van der Waals surface area contributed by atoms with Gasteiger partial charge in [0, 0.05) is 37.2 Å². The van der Waals surface area contributed by atoms with E-state index in [2.05, 4.69) is 27.4 Å². The molecule has 0 fully saturated rings. The molecule has 202 valence electrons. The van der Waals surface area contributed by atoms with Gasteiger partial charge in [-0.15, -0.1) is 10.2 Å². The van der Waals surface area contributed by atoms with Crippen molar-refractivity contribution in [3.05, 3.63) is 55.6 Å². The predicted molar refractivity (Wildman–Crippen MR) is 137 cm³/mol. The van der Waals surface area contributed by atoms with Gasteiger partial charge in [0.15, 0.2) is 22.9 Å². The van der Waals surface area contributed by atoms with Crippen LogP contribution in [-0.2, 0) is 9.59 Å². The molecule has 0 aromatic heterocycles. The number of carbonyl (C=O) groups is 2. The van der Waals surface area contributed by atoms with E-state index >= 15 is 0 Å². The zero-order valence-electron chi connectivity index (χ0n) is 20.6. The van der Waals surface area contributed by atoms with Gasteiger partial charge in [-0.1, -0.05) is 18.2 Å². The van der Waals surface area contributed by atoms with Gasteiger partial charge in [-0.05, 0) is 13.8 Å². The first-order valence-electron chi connectivity index (χ1n) is 10.6. The van der Waals surface area contributed by atoms with Crippen molar-refractivity contribution in [2.24, 2.45) is 10.2 Å². The van der Waals surface area contributed by atoms with Crippen LogP contribution < -0.4 is 20.1 Å². The molecule has 2 rings (SSSR count). The second-order valence-electron chi connectivity index (χ2n) is 7.77. The number of nitrogens with one attached hydrogen (secondary N) is 2. The molecule has 0 saturated carbocycles. The molecular formula is C22H23ClN6O9. The zero-order valence-corrected chi connectivity index (χ0v) is 21.4. The quantitative estimate of drug-likeness (QED) is 0.0867. The molecule has 3 N–H and O–H groups in total. The molecular weight excluding hydrogens is 528 g/mol. The maximum atomic E-state index is 12.0. The first kappa shape index (κ1) is 29.6. The van der Waals surface area contributed by atoms with Crippen LogP contribution in [0.1, 0.15) is 20.8 Å². The number of benzene rings is 2. The summed E-state index contributed by atoms with van der Waals surface area (Å²) in [5.41, 5.74) is -2.67. The van der Waals surface area contributed by atoms with Crippen LogP contribution in [0.15, 0.2) is 40.6 Å². The van der Waals surface area contributed by atoms with Crippen LogP contribution in [0, 0.1) is 20.2 Å². The van der Waals surface area contributed by atoms with Crippen LogP contribution in [0.5, 0.6) is 11.5 Å². The standard InChI is InChI=1S/C22H23ClN6O9/c1-10(2)22(32)38-18-7-14(25-12(4)31)15(8-17(18)37-5)26-27-19-13(23)6-16(28(33)34)20(21(19)29(35)36)24-9-11(3)30/h6-8,11,24,30H,1,9H2,2-5H3,(H,25,31). The molecule has 0 aliphatic rings. The third-order valence-corrected chi connectivity index (χ3v) is 4.85. The Labute approximate surface area is 220 Å². The summed E-state index contributed by atoms with van der Waals surface area (Å²) in [4.78, 5) is 45.4. The van der Waals surface area contributed by atoms with E-state index in [4.69, 9.17) is 21.1 Å². The number of methoxy groups -OCH3 is 1. The van der Waals surface area contributed by atoms with Crippen LogP contribution in [0.4, 0.5) is 34.1 Å². The number of amides is 1. The molecule has 0 saturated heterocycles. The number of ether oxygens (including phenoxy) is 2. The summed E-state index contributed by atoms with van der Waals surface area (Å²) in [7, 11) is 1.27. The number of anilines is 2. The number of halogens is 1. The van der Waals surface area contributed by atoms with Gasteiger partial charge in [0.05, 0.1) is 33.8 Å². The van der Waals surface area contributed by atoms with E-state index in [1.54, 1.807) is 0 Å². The van der Waals surface area contributed by atoms with Gasteiger partial charge in [-0.2, -0.15) is 0 Å². The topological polar surface area (TPSA) is 208 Å². The third kappa shape index (κ3) is 7.21. The molecule has 1 amide bonds. The minimum atomic E-state index is -1.000. The maximum absolute atomic E-state index is 12.0. The van der Waals surface area contributed by atoms with Crippen molar-refractivity contribution < 1.29 is 34.0 Å². The predicted octanol–water partition coefficient (Wildman–Crippen LogP) is 4.81. The zero-order chi connectivity index (χ0) is 28.7. The van der Waals surface area contributed by atoms with E-state index in [1.807, 2.05) is 0 Å². The average Bonchev–Trinajstić information content (AvgIpc) is 2.81. The number of aliphatic hydroxyl groups excluding tert-OH is 1. The molecule has 0 bridgehead atoms. The summed E-state index contributed by atoms with van der Waals surface area (Å²) >= 11 is 6.12. The molecule has 0 aliphatic carbocycles. The fourth-order valence-corrected chi connectivity index (χ4v) is 3.14. The Hall–Kier alpha value is -4.63. The number of esters is 1. The number of aliphatic hydroxyl groups is 1. The Morgan fingerprint density at radius 2 is 1.82 bits per heavy atom. The number of rotatable bonds is 11. The van der Waals surface area contributed by atoms with Crippen molar-refractivity contribution in [3.63, 3.8) is 0 Å². The second kappa shape index (κ2) is 12.6. The Bertz CT molecular complexity index is 1340. The minimum absolute atomic E-state index is 0.00811. The highest BCUT2D eigenvalue weighted by Gasteiger charge is 2.32. The largest absolute Gasteiger partial charge is 0.493 e. The van der Waals surface area contributed by atoms with Gasteiger partial charge < -0.3 is 25.2 Å². The van der Waals surface area contributed by atoms with Gasteiger partial charge in [-0.3, -0.25) is 25.0 Å². The van der Waals surface area contributed by atoms with Crippen molar-refractivity contribution in [1.82, 2.24) is 0 Å². The number of carbonyl (C=O) groups excluding carboxylic acids is 2.